The summed E-state index contributed by atoms with van der Waals surface area (Å²) in [6, 6.07) is 8.44. The molecule has 17 heteroatoms. The maximum absolute atomic E-state index is 12.9. The van der Waals surface area contributed by atoms with Crippen molar-refractivity contribution in [3.05, 3.63) is 70.5 Å². The van der Waals surface area contributed by atoms with Crippen LogP contribution in [0.1, 0.15) is 50.4 Å². The number of carbonyl (C=O) groups is 3. The molecule has 5 rings (SSSR count). The summed E-state index contributed by atoms with van der Waals surface area (Å²) in [6.07, 6.45) is 2.72. The molecular formula is C29H30N12O5. The van der Waals surface area contributed by atoms with E-state index in [2.05, 4.69) is 51.2 Å². The average molecular weight is 627 g/mol. The molecule has 0 aliphatic carbocycles. The fourth-order valence-corrected chi connectivity index (χ4v) is 4.71. The van der Waals surface area contributed by atoms with Crippen LogP contribution in [-0.4, -0.2) is 81.1 Å². The van der Waals surface area contributed by atoms with Crippen LogP contribution >= 0.6 is 0 Å². The third-order valence-corrected chi connectivity index (χ3v) is 7.04. The van der Waals surface area contributed by atoms with Crippen LogP contribution in [-0.2, 0) is 17.6 Å². The van der Waals surface area contributed by atoms with E-state index in [-0.39, 0.29) is 53.9 Å². The van der Waals surface area contributed by atoms with Crippen molar-refractivity contribution in [1.82, 2.24) is 51.2 Å². The SMILES string of the molecule is Cc1ccc(C(=O)NCCC[C@H](NC(=O)c2ccc(CCc3cnc4nc(N)nc(N)c4n3)cc2O)C(=O)O)c(-c2nn[nH]n2)c1. The Balaban J connectivity index is 1.14. The highest BCUT2D eigenvalue weighted by molar-refractivity contribution is 6.00. The number of aromatic nitrogens is 8. The molecule has 236 valence electrons. The number of amides is 2. The lowest BCUT2D eigenvalue weighted by atomic mass is 10.0. The van der Waals surface area contributed by atoms with Gasteiger partial charge in [-0.05, 0) is 67.6 Å². The van der Waals surface area contributed by atoms with Crippen molar-refractivity contribution in [1.29, 1.82) is 0 Å². The predicted molar refractivity (Wildman–Crippen MR) is 164 cm³/mol. The molecular weight excluding hydrogens is 596 g/mol. The molecule has 17 nitrogen and oxygen atoms in total. The van der Waals surface area contributed by atoms with E-state index in [1.807, 2.05) is 6.92 Å². The number of aromatic hydroxyl groups is 1. The van der Waals surface area contributed by atoms with E-state index in [0.717, 1.165) is 5.56 Å². The van der Waals surface area contributed by atoms with Gasteiger partial charge in [-0.25, -0.2) is 14.8 Å². The van der Waals surface area contributed by atoms with E-state index in [0.29, 0.717) is 40.7 Å². The van der Waals surface area contributed by atoms with Gasteiger partial charge in [-0.2, -0.15) is 15.2 Å². The van der Waals surface area contributed by atoms with Gasteiger partial charge in [0.25, 0.3) is 11.8 Å². The standard InChI is InChI=1S/C29H30N12O5/c1-14-4-8-17(19(11-14)24-38-40-41-39-24)26(43)32-10-2-3-20(28(45)46)35-27(44)18-9-6-15(12-21(18)42)5-7-16-13-33-25-22(34-16)23(30)36-29(31)37-25/h4,6,8-9,11-13,20,42H,2-3,5,7,10H2,1H3,(H,32,43)(H,35,44)(H,45,46)(H,38,39,40,41)(H4,30,31,33,36,37)/t20-/m0/s1. The maximum atomic E-state index is 12.9. The molecule has 0 spiro atoms. The van der Waals surface area contributed by atoms with Crippen molar-refractivity contribution in [3.8, 4) is 17.1 Å². The number of fused-ring (bicyclic) bond motifs is 1. The summed E-state index contributed by atoms with van der Waals surface area (Å²) in [5.41, 5.74) is 15.1. The van der Waals surface area contributed by atoms with Crippen molar-refractivity contribution in [2.24, 2.45) is 0 Å². The van der Waals surface area contributed by atoms with E-state index < -0.39 is 23.8 Å². The molecule has 3 aromatic heterocycles. The number of nitrogen functional groups attached to an aromatic ring is 2. The first-order valence-electron chi connectivity index (χ1n) is 14.1. The lowest BCUT2D eigenvalue weighted by Crippen LogP contribution is -2.41. The second kappa shape index (κ2) is 13.6. The number of phenols is 1. The van der Waals surface area contributed by atoms with Gasteiger partial charge in [0.2, 0.25) is 11.8 Å². The average Bonchev–Trinajstić information content (AvgIpc) is 3.56. The Bertz CT molecular complexity index is 1920. The first kappa shape index (κ1) is 31.2. The van der Waals surface area contributed by atoms with Crippen LogP contribution in [0.2, 0.25) is 0 Å². The Morgan fingerprint density at radius 2 is 1.80 bits per heavy atom. The molecule has 0 bridgehead atoms. The topological polar surface area (TPSA) is 274 Å². The smallest absolute Gasteiger partial charge is 0.326 e. The fraction of sp³-hybridized carbons (Fsp3) is 0.241. The molecule has 0 aliphatic heterocycles. The number of aryl methyl sites for hydroxylation is 3. The van der Waals surface area contributed by atoms with Crippen LogP contribution in [0.5, 0.6) is 5.75 Å². The number of hydrogen-bond donors (Lipinski definition) is 7. The Morgan fingerprint density at radius 3 is 2.54 bits per heavy atom. The van der Waals surface area contributed by atoms with Gasteiger partial charge in [-0.1, -0.05) is 17.7 Å². The summed E-state index contributed by atoms with van der Waals surface area (Å²) < 4.78 is 0. The van der Waals surface area contributed by atoms with Gasteiger partial charge in [0.05, 0.1) is 23.0 Å². The number of aliphatic carboxylic acids is 1. The highest BCUT2D eigenvalue weighted by Gasteiger charge is 2.23. The quantitative estimate of drug-likeness (QED) is 0.0950. The molecule has 1 atom stereocenters. The van der Waals surface area contributed by atoms with E-state index >= 15 is 0 Å². The second-order valence-corrected chi connectivity index (χ2v) is 10.4. The zero-order valence-electron chi connectivity index (χ0n) is 24.6. The number of nitrogens with one attached hydrogen (secondary N) is 3. The minimum atomic E-state index is -1.25. The second-order valence-electron chi connectivity index (χ2n) is 10.4. The third kappa shape index (κ3) is 7.26. The number of H-pyrrole nitrogens is 1. The number of carboxylic acids is 1. The summed E-state index contributed by atoms with van der Waals surface area (Å²) in [5, 5.41) is 39.2. The third-order valence-electron chi connectivity index (χ3n) is 7.04. The number of carbonyl (C=O) groups excluding carboxylic acids is 2. The zero-order chi connectivity index (χ0) is 32.8. The minimum Gasteiger partial charge on any atom is -0.507 e. The molecule has 9 N–H and O–H groups in total. The Labute approximate surface area is 260 Å². The zero-order valence-corrected chi connectivity index (χ0v) is 24.6. The molecule has 0 saturated carbocycles. The van der Waals surface area contributed by atoms with Crippen LogP contribution in [0.25, 0.3) is 22.6 Å². The first-order chi connectivity index (χ1) is 22.1. The van der Waals surface area contributed by atoms with Gasteiger partial charge < -0.3 is 32.3 Å². The highest BCUT2D eigenvalue weighted by Crippen LogP contribution is 2.22. The summed E-state index contributed by atoms with van der Waals surface area (Å²) in [5.74, 6) is -2.31. The maximum Gasteiger partial charge on any atom is 0.326 e. The molecule has 3 heterocycles. The van der Waals surface area contributed by atoms with Gasteiger partial charge in [0, 0.05) is 12.1 Å². The number of phenolic OH excluding ortho intramolecular Hbond substituents is 1. The van der Waals surface area contributed by atoms with Crippen molar-refractivity contribution < 1.29 is 24.6 Å². The predicted octanol–water partition coefficient (Wildman–Crippen LogP) is 0.957. The normalized spacial score (nSPS) is 11.7. The molecule has 2 aromatic carbocycles. The van der Waals surface area contributed by atoms with E-state index in [4.69, 9.17) is 11.5 Å². The molecule has 5 aromatic rings. The van der Waals surface area contributed by atoms with Crippen LogP contribution in [0, 0.1) is 6.92 Å². The van der Waals surface area contributed by atoms with Gasteiger partial charge in [0.15, 0.2) is 17.0 Å². The number of benzene rings is 2. The number of anilines is 2. The van der Waals surface area contributed by atoms with Crippen molar-refractivity contribution in [3.63, 3.8) is 0 Å². The van der Waals surface area contributed by atoms with Crippen molar-refractivity contribution >= 4 is 40.7 Å². The number of rotatable bonds is 12. The number of nitrogens with two attached hydrogens (primary N) is 2. The van der Waals surface area contributed by atoms with Gasteiger partial charge in [-0.15, -0.1) is 10.2 Å². The van der Waals surface area contributed by atoms with Crippen LogP contribution in [0.3, 0.4) is 0 Å². The largest absolute Gasteiger partial charge is 0.507 e. The van der Waals surface area contributed by atoms with E-state index in [1.54, 1.807) is 30.5 Å². The molecule has 0 saturated heterocycles. The lowest BCUT2D eigenvalue weighted by Gasteiger charge is -2.16. The fourth-order valence-electron chi connectivity index (χ4n) is 4.71. The number of tetrazole rings is 1. The number of carboxylic acid groups (broad SMARTS) is 1. The summed E-state index contributed by atoms with van der Waals surface area (Å²) in [4.78, 5) is 54.2. The van der Waals surface area contributed by atoms with Crippen LogP contribution in [0.15, 0.2) is 42.6 Å². The van der Waals surface area contributed by atoms with E-state index in [1.165, 1.54) is 12.1 Å². The monoisotopic (exact) mass is 626 g/mol. The molecule has 0 fully saturated rings. The molecule has 0 radical (unpaired) electrons. The summed E-state index contributed by atoms with van der Waals surface area (Å²) in [6.45, 7) is 2.02. The molecule has 2 amide bonds. The minimum absolute atomic E-state index is 0.000656. The van der Waals surface area contributed by atoms with Gasteiger partial charge in [0.1, 0.15) is 11.8 Å². The van der Waals surface area contributed by atoms with E-state index in [9.17, 15) is 24.6 Å². The van der Waals surface area contributed by atoms with Crippen LogP contribution < -0.4 is 22.1 Å². The number of nitrogens with zero attached hydrogens (tertiary/aromatic N) is 7. The van der Waals surface area contributed by atoms with Gasteiger partial charge >= 0.3 is 5.97 Å². The van der Waals surface area contributed by atoms with Crippen molar-refractivity contribution in [2.75, 3.05) is 18.0 Å². The number of aromatic amines is 1. The summed E-state index contributed by atoms with van der Waals surface area (Å²) >= 11 is 0. The Kier molecular flexibility index (Phi) is 9.20. The van der Waals surface area contributed by atoms with Crippen LogP contribution in [0.4, 0.5) is 11.8 Å². The summed E-state index contributed by atoms with van der Waals surface area (Å²) in [7, 11) is 0. The highest BCUT2D eigenvalue weighted by atomic mass is 16.4. The molecule has 0 aliphatic rings. The Hall–Kier alpha value is -6.26. The lowest BCUT2D eigenvalue weighted by molar-refractivity contribution is -0.139. The Morgan fingerprint density at radius 1 is 1.00 bits per heavy atom. The molecule has 46 heavy (non-hydrogen) atoms. The van der Waals surface area contributed by atoms with Crippen molar-refractivity contribution in [2.45, 2.75) is 38.6 Å². The number of hydrogen-bond acceptors (Lipinski definition) is 13. The molecule has 0 unspecified atom stereocenters. The van der Waals surface area contributed by atoms with Gasteiger partial charge in [-0.3, -0.25) is 9.59 Å². The first-order valence-corrected chi connectivity index (χ1v) is 14.1.